The Kier molecular flexibility index (Phi) is 4.48. The van der Waals surface area contributed by atoms with Crippen LogP contribution >= 0.6 is 11.6 Å². The van der Waals surface area contributed by atoms with Crippen LogP contribution in [-0.2, 0) is 9.84 Å². The Balaban J connectivity index is 2.30. The SMILES string of the molecule is CC(C)C(Nc1ncc(S(C)(=O)=O)cc1Cl)c1cn[nH]n1. The summed E-state index contributed by atoms with van der Waals surface area (Å²) in [5.74, 6) is 0.619. The molecule has 0 saturated heterocycles. The Labute approximate surface area is 128 Å². The summed E-state index contributed by atoms with van der Waals surface area (Å²) in [5.41, 5.74) is 0.732. The maximum atomic E-state index is 11.5. The molecule has 21 heavy (non-hydrogen) atoms. The molecule has 2 rings (SSSR count). The first kappa shape index (κ1) is 15.7. The van der Waals surface area contributed by atoms with Crippen molar-refractivity contribution in [3.63, 3.8) is 0 Å². The molecule has 0 amide bonds. The second-order valence-electron chi connectivity index (χ2n) is 5.03. The number of hydrogen-bond acceptors (Lipinski definition) is 6. The average Bonchev–Trinajstić information content (AvgIpc) is 2.89. The van der Waals surface area contributed by atoms with Crippen molar-refractivity contribution in [2.24, 2.45) is 5.92 Å². The first-order chi connectivity index (χ1) is 9.79. The largest absolute Gasteiger partial charge is 0.360 e. The Morgan fingerprint density at radius 2 is 2.05 bits per heavy atom. The van der Waals surface area contributed by atoms with Crippen LogP contribution in [0.25, 0.3) is 0 Å². The summed E-state index contributed by atoms with van der Waals surface area (Å²) in [4.78, 5) is 4.18. The van der Waals surface area contributed by atoms with Gasteiger partial charge >= 0.3 is 0 Å². The molecule has 7 nitrogen and oxygen atoms in total. The van der Waals surface area contributed by atoms with E-state index in [-0.39, 0.29) is 21.9 Å². The molecule has 0 bridgehead atoms. The van der Waals surface area contributed by atoms with Crippen LogP contribution in [0.1, 0.15) is 25.6 Å². The molecule has 0 aliphatic heterocycles. The number of aromatic nitrogens is 4. The van der Waals surface area contributed by atoms with Crippen LogP contribution in [0.2, 0.25) is 5.02 Å². The molecule has 2 heterocycles. The lowest BCUT2D eigenvalue weighted by molar-refractivity contribution is 0.532. The second-order valence-corrected chi connectivity index (χ2v) is 7.46. The molecule has 1 atom stereocenters. The van der Waals surface area contributed by atoms with E-state index in [4.69, 9.17) is 11.6 Å². The monoisotopic (exact) mass is 329 g/mol. The molecule has 0 aliphatic rings. The molecule has 2 aromatic heterocycles. The highest BCUT2D eigenvalue weighted by molar-refractivity contribution is 7.90. The third-order valence-corrected chi connectivity index (χ3v) is 4.32. The van der Waals surface area contributed by atoms with Crippen molar-refractivity contribution in [3.8, 4) is 0 Å². The highest BCUT2D eigenvalue weighted by Gasteiger charge is 2.20. The summed E-state index contributed by atoms with van der Waals surface area (Å²) in [7, 11) is -3.33. The van der Waals surface area contributed by atoms with E-state index >= 15 is 0 Å². The summed E-state index contributed by atoms with van der Waals surface area (Å²) in [6, 6.07) is 1.24. The van der Waals surface area contributed by atoms with Crippen LogP contribution < -0.4 is 5.32 Å². The molecule has 0 fully saturated rings. The van der Waals surface area contributed by atoms with Gasteiger partial charge in [-0.3, -0.25) is 0 Å². The van der Waals surface area contributed by atoms with E-state index in [2.05, 4.69) is 25.7 Å². The van der Waals surface area contributed by atoms with E-state index in [1.807, 2.05) is 13.8 Å². The predicted molar refractivity (Wildman–Crippen MR) is 79.9 cm³/mol. The Bertz CT molecular complexity index is 715. The van der Waals surface area contributed by atoms with Crippen LogP contribution in [0.5, 0.6) is 0 Å². The number of sulfone groups is 1. The fraction of sp³-hybridized carbons (Fsp3) is 0.417. The van der Waals surface area contributed by atoms with Gasteiger partial charge in [0.1, 0.15) is 11.5 Å². The molecule has 0 aromatic carbocycles. The Morgan fingerprint density at radius 1 is 1.33 bits per heavy atom. The fourth-order valence-corrected chi connectivity index (χ4v) is 2.68. The number of halogens is 1. The lowest BCUT2D eigenvalue weighted by Crippen LogP contribution is -2.18. The van der Waals surface area contributed by atoms with Gasteiger partial charge in [-0.1, -0.05) is 25.4 Å². The maximum absolute atomic E-state index is 11.5. The number of nitrogens with zero attached hydrogens (tertiary/aromatic N) is 3. The normalized spacial score (nSPS) is 13.4. The zero-order valence-electron chi connectivity index (χ0n) is 11.8. The summed E-state index contributed by atoms with van der Waals surface area (Å²) in [6.45, 7) is 4.04. The van der Waals surface area contributed by atoms with Crippen molar-refractivity contribution in [3.05, 3.63) is 29.2 Å². The van der Waals surface area contributed by atoms with E-state index in [1.165, 1.54) is 12.3 Å². The van der Waals surface area contributed by atoms with Gasteiger partial charge in [-0.05, 0) is 12.0 Å². The van der Waals surface area contributed by atoms with E-state index in [1.54, 1.807) is 6.20 Å². The van der Waals surface area contributed by atoms with Crippen molar-refractivity contribution < 1.29 is 8.42 Å². The summed E-state index contributed by atoms with van der Waals surface area (Å²) in [6.07, 6.45) is 4.01. The van der Waals surface area contributed by atoms with Gasteiger partial charge in [0.15, 0.2) is 9.84 Å². The summed E-state index contributed by atoms with van der Waals surface area (Å²) >= 11 is 6.11. The van der Waals surface area contributed by atoms with Gasteiger partial charge < -0.3 is 5.32 Å². The van der Waals surface area contributed by atoms with E-state index in [9.17, 15) is 8.42 Å². The lowest BCUT2D eigenvalue weighted by atomic mass is 10.0. The third-order valence-electron chi connectivity index (χ3n) is 2.96. The summed E-state index contributed by atoms with van der Waals surface area (Å²) < 4.78 is 22.9. The highest BCUT2D eigenvalue weighted by atomic mass is 35.5. The Hall–Kier alpha value is -1.67. The van der Waals surface area contributed by atoms with Crippen molar-refractivity contribution in [2.75, 3.05) is 11.6 Å². The number of pyridine rings is 1. The molecule has 2 aromatic rings. The van der Waals surface area contributed by atoms with E-state index in [0.29, 0.717) is 5.82 Å². The van der Waals surface area contributed by atoms with E-state index < -0.39 is 9.84 Å². The number of H-pyrrole nitrogens is 1. The molecule has 9 heteroatoms. The minimum Gasteiger partial charge on any atom is -0.360 e. The molecule has 0 radical (unpaired) electrons. The second kappa shape index (κ2) is 5.98. The molecule has 0 saturated carbocycles. The molecule has 114 valence electrons. The zero-order chi connectivity index (χ0) is 15.6. The minimum absolute atomic E-state index is 0.0839. The van der Waals surface area contributed by atoms with Gasteiger partial charge in [0.2, 0.25) is 0 Å². The van der Waals surface area contributed by atoms with Crippen LogP contribution in [0, 0.1) is 5.92 Å². The van der Waals surface area contributed by atoms with Crippen LogP contribution in [0.4, 0.5) is 5.82 Å². The van der Waals surface area contributed by atoms with Crippen molar-refractivity contribution in [1.29, 1.82) is 0 Å². The molecular formula is C12H16ClN5O2S. The van der Waals surface area contributed by atoms with Gasteiger partial charge in [0.05, 0.1) is 22.2 Å². The van der Waals surface area contributed by atoms with Crippen molar-refractivity contribution in [2.45, 2.75) is 24.8 Å². The van der Waals surface area contributed by atoms with Gasteiger partial charge in [-0.15, -0.1) is 0 Å². The quantitative estimate of drug-likeness (QED) is 0.870. The highest BCUT2D eigenvalue weighted by Crippen LogP contribution is 2.29. The first-order valence-electron chi connectivity index (χ1n) is 6.27. The fourth-order valence-electron chi connectivity index (χ4n) is 1.82. The average molecular weight is 330 g/mol. The summed E-state index contributed by atoms with van der Waals surface area (Å²) in [5, 5.41) is 13.8. The Morgan fingerprint density at radius 3 is 2.52 bits per heavy atom. The minimum atomic E-state index is -3.33. The van der Waals surface area contributed by atoms with Crippen molar-refractivity contribution in [1.82, 2.24) is 20.4 Å². The van der Waals surface area contributed by atoms with Gasteiger partial charge in [0, 0.05) is 12.5 Å². The van der Waals surface area contributed by atoms with Crippen molar-refractivity contribution >= 4 is 27.3 Å². The van der Waals surface area contributed by atoms with Gasteiger partial charge in [-0.25, -0.2) is 13.4 Å². The van der Waals surface area contributed by atoms with Gasteiger partial charge in [0.25, 0.3) is 0 Å². The van der Waals surface area contributed by atoms with Gasteiger partial charge in [-0.2, -0.15) is 15.4 Å². The topological polar surface area (TPSA) is 101 Å². The van der Waals surface area contributed by atoms with Crippen LogP contribution in [0.15, 0.2) is 23.4 Å². The van der Waals surface area contributed by atoms with E-state index in [0.717, 1.165) is 11.9 Å². The maximum Gasteiger partial charge on any atom is 0.177 e. The number of aromatic amines is 1. The molecule has 2 N–H and O–H groups in total. The number of anilines is 1. The number of rotatable bonds is 5. The molecule has 1 unspecified atom stereocenters. The van der Waals surface area contributed by atoms with Crippen LogP contribution in [0.3, 0.4) is 0 Å². The lowest BCUT2D eigenvalue weighted by Gasteiger charge is -2.21. The number of hydrogen-bond donors (Lipinski definition) is 2. The third kappa shape index (κ3) is 3.70. The molecule has 0 aliphatic carbocycles. The zero-order valence-corrected chi connectivity index (χ0v) is 13.4. The first-order valence-corrected chi connectivity index (χ1v) is 8.53. The molecular weight excluding hydrogens is 314 g/mol. The van der Waals surface area contributed by atoms with Crippen LogP contribution in [-0.4, -0.2) is 35.1 Å². The molecule has 0 spiro atoms. The standard InChI is InChI=1S/C12H16ClN5O2S/c1-7(2)11(10-6-15-18-17-10)16-12-9(13)4-8(5-14-12)21(3,19)20/h4-7,11H,1-3H3,(H,14,16)(H,15,17,18). The smallest absolute Gasteiger partial charge is 0.177 e. The predicted octanol–water partition coefficient (Wildman–Crippen LogP) is 2.07. The number of nitrogens with one attached hydrogen (secondary N) is 2.